The fourth-order valence-corrected chi connectivity index (χ4v) is 4.47. The molecular formula is C22H16N2O5S. The lowest BCUT2D eigenvalue weighted by molar-refractivity contribution is 0.0528. The Kier molecular flexibility index (Phi) is 4.93. The fraction of sp³-hybridized carbons (Fsp3) is 0.0909. The van der Waals surface area contributed by atoms with Gasteiger partial charge in [0.25, 0.3) is 11.8 Å². The van der Waals surface area contributed by atoms with Gasteiger partial charge in [0.1, 0.15) is 10.6 Å². The summed E-state index contributed by atoms with van der Waals surface area (Å²) in [5.74, 6) is -2.39. The zero-order valence-electron chi connectivity index (χ0n) is 15.9. The van der Waals surface area contributed by atoms with Crippen molar-refractivity contribution in [3.63, 3.8) is 0 Å². The van der Waals surface area contributed by atoms with Crippen molar-refractivity contribution in [3.8, 4) is 11.1 Å². The number of primary amides is 1. The Morgan fingerprint density at radius 1 is 0.933 bits per heavy atom. The number of thiophene rings is 1. The highest BCUT2D eigenvalue weighted by molar-refractivity contribution is 7.15. The number of hydrogen-bond donors (Lipinski definition) is 1. The van der Waals surface area contributed by atoms with Gasteiger partial charge in [-0.15, -0.1) is 11.3 Å². The van der Waals surface area contributed by atoms with E-state index in [-0.39, 0.29) is 33.9 Å². The molecule has 1 aliphatic rings. The molecule has 3 aromatic rings. The molecule has 1 aliphatic heterocycles. The minimum absolute atomic E-state index is 0.0463. The first kappa shape index (κ1) is 19.5. The summed E-state index contributed by atoms with van der Waals surface area (Å²) >= 11 is 1.05. The van der Waals surface area contributed by atoms with Crippen LogP contribution >= 0.6 is 11.3 Å². The molecule has 0 fully saturated rings. The van der Waals surface area contributed by atoms with E-state index in [0.717, 1.165) is 16.2 Å². The Bertz CT molecular complexity index is 1180. The summed E-state index contributed by atoms with van der Waals surface area (Å²) in [6, 6.07) is 13.0. The maximum absolute atomic E-state index is 12.9. The van der Waals surface area contributed by atoms with Crippen molar-refractivity contribution in [3.05, 3.63) is 76.2 Å². The lowest BCUT2D eigenvalue weighted by Crippen LogP contribution is -2.30. The first-order chi connectivity index (χ1) is 14.5. The van der Waals surface area contributed by atoms with E-state index in [9.17, 15) is 19.2 Å². The van der Waals surface area contributed by atoms with Gasteiger partial charge >= 0.3 is 5.97 Å². The molecule has 7 nitrogen and oxygen atoms in total. The van der Waals surface area contributed by atoms with Crippen molar-refractivity contribution >= 4 is 40.0 Å². The monoisotopic (exact) mass is 420 g/mol. The average molecular weight is 420 g/mol. The molecular weight excluding hydrogens is 404 g/mol. The Labute approximate surface area is 175 Å². The summed E-state index contributed by atoms with van der Waals surface area (Å²) in [5, 5.41) is 1.77. The minimum atomic E-state index is -0.695. The van der Waals surface area contributed by atoms with Crippen LogP contribution in [0, 0.1) is 0 Å². The molecule has 0 spiro atoms. The van der Waals surface area contributed by atoms with Crippen LogP contribution in [0.5, 0.6) is 0 Å². The molecule has 3 amide bonds. The SMILES string of the molecule is CCOC(=O)c1c(-c2ccccc2C(N)=O)csc1N1C(=O)c2ccccc2C1=O. The van der Waals surface area contributed by atoms with Gasteiger partial charge in [0, 0.05) is 16.5 Å². The topological polar surface area (TPSA) is 107 Å². The van der Waals surface area contributed by atoms with Crippen molar-refractivity contribution in [2.24, 2.45) is 5.73 Å². The highest BCUT2D eigenvalue weighted by Crippen LogP contribution is 2.42. The first-order valence-corrected chi connectivity index (χ1v) is 9.99. The number of rotatable bonds is 5. The molecule has 150 valence electrons. The van der Waals surface area contributed by atoms with Crippen LogP contribution in [0.25, 0.3) is 11.1 Å². The number of esters is 1. The van der Waals surface area contributed by atoms with Gasteiger partial charge in [0.15, 0.2) is 0 Å². The smallest absolute Gasteiger partial charge is 0.341 e. The molecule has 8 heteroatoms. The molecule has 30 heavy (non-hydrogen) atoms. The Morgan fingerprint density at radius 2 is 1.50 bits per heavy atom. The zero-order valence-corrected chi connectivity index (χ0v) is 16.7. The van der Waals surface area contributed by atoms with Gasteiger partial charge in [-0.05, 0) is 30.7 Å². The number of ether oxygens (including phenoxy) is 1. The maximum atomic E-state index is 12.9. The number of nitrogens with two attached hydrogens (primary N) is 1. The van der Waals surface area contributed by atoms with Crippen LogP contribution in [-0.4, -0.2) is 30.3 Å². The predicted octanol–water partition coefficient (Wildman–Crippen LogP) is 3.49. The number of benzene rings is 2. The highest BCUT2D eigenvalue weighted by atomic mass is 32.1. The molecule has 0 saturated heterocycles. The summed E-state index contributed by atoms with van der Waals surface area (Å²) in [6.07, 6.45) is 0. The molecule has 0 atom stereocenters. The number of carbonyl (C=O) groups is 4. The van der Waals surface area contributed by atoms with Crippen LogP contribution in [0.4, 0.5) is 5.00 Å². The number of amides is 3. The van der Waals surface area contributed by atoms with Crippen molar-refractivity contribution < 1.29 is 23.9 Å². The third-order valence-corrected chi connectivity index (χ3v) is 5.69. The largest absolute Gasteiger partial charge is 0.462 e. The van der Waals surface area contributed by atoms with Crippen LogP contribution in [0.1, 0.15) is 48.4 Å². The van der Waals surface area contributed by atoms with Crippen molar-refractivity contribution in [2.45, 2.75) is 6.92 Å². The second-order valence-corrected chi connectivity index (χ2v) is 7.31. The fourth-order valence-electron chi connectivity index (χ4n) is 3.42. The van der Waals surface area contributed by atoms with E-state index in [4.69, 9.17) is 10.5 Å². The number of carbonyl (C=O) groups excluding carboxylic acids is 4. The first-order valence-electron chi connectivity index (χ1n) is 9.11. The van der Waals surface area contributed by atoms with Gasteiger partial charge < -0.3 is 10.5 Å². The van der Waals surface area contributed by atoms with Crippen LogP contribution in [-0.2, 0) is 4.74 Å². The predicted molar refractivity (Wildman–Crippen MR) is 112 cm³/mol. The molecule has 0 saturated carbocycles. The number of fused-ring (bicyclic) bond motifs is 1. The molecule has 2 N–H and O–H groups in total. The molecule has 0 bridgehead atoms. The molecule has 0 aliphatic carbocycles. The number of imide groups is 1. The average Bonchev–Trinajstić information content (AvgIpc) is 3.28. The molecule has 2 heterocycles. The quantitative estimate of drug-likeness (QED) is 0.502. The number of anilines is 1. The van der Waals surface area contributed by atoms with Crippen LogP contribution in [0.2, 0.25) is 0 Å². The summed E-state index contributed by atoms with van der Waals surface area (Å²) in [4.78, 5) is 51.7. The number of hydrogen-bond acceptors (Lipinski definition) is 6. The van der Waals surface area contributed by atoms with Gasteiger partial charge in [0.05, 0.1) is 17.7 Å². The Balaban J connectivity index is 1.92. The van der Waals surface area contributed by atoms with E-state index in [2.05, 4.69) is 0 Å². The van der Waals surface area contributed by atoms with Crippen molar-refractivity contribution in [1.29, 1.82) is 0 Å². The van der Waals surface area contributed by atoms with E-state index in [1.54, 1.807) is 60.8 Å². The van der Waals surface area contributed by atoms with E-state index >= 15 is 0 Å². The standard InChI is InChI=1S/C22H16N2O5S/c1-2-29-22(28)17-16(12-7-3-4-8-13(12)18(23)25)11-30-21(17)24-19(26)14-9-5-6-10-15(14)20(24)27/h3-11H,2H2,1H3,(H2,23,25). The highest BCUT2D eigenvalue weighted by Gasteiger charge is 2.40. The second kappa shape index (κ2) is 7.57. The molecule has 0 radical (unpaired) electrons. The maximum Gasteiger partial charge on any atom is 0.341 e. The summed E-state index contributed by atoms with van der Waals surface area (Å²) in [7, 11) is 0. The van der Waals surface area contributed by atoms with E-state index in [1.807, 2.05) is 0 Å². The summed E-state index contributed by atoms with van der Waals surface area (Å²) in [5.41, 5.74) is 7.10. The van der Waals surface area contributed by atoms with Gasteiger partial charge in [0.2, 0.25) is 5.91 Å². The van der Waals surface area contributed by atoms with E-state index in [0.29, 0.717) is 11.1 Å². The lowest BCUT2D eigenvalue weighted by Gasteiger charge is -2.15. The normalized spacial score (nSPS) is 12.8. The minimum Gasteiger partial charge on any atom is -0.462 e. The third-order valence-electron chi connectivity index (χ3n) is 4.73. The number of nitrogens with zero attached hydrogens (tertiary/aromatic N) is 1. The van der Waals surface area contributed by atoms with E-state index in [1.165, 1.54) is 0 Å². The zero-order chi connectivity index (χ0) is 21.4. The third kappa shape index (κ3) is 2.98. The Hall–Kier alpha value is -3.78. The second-order valence-electron chi connectivity index (χ2n) is 6.45. The summed E-state index contributed by atoms with van der Waals surface area (Å²) in [6.45, 7) is 1.76. The molecule has 0 unspecified atom stereocenters. The Morgan fingerprint density at radius 3 is 2.07 bits per heavy atom. The van der Waals surface area contributed by atoms with Crippen molar-refractivity contribution in [1.82, 2.24) is 0 Å². The summed E-state index contributed by atoms with van der Waals surface area (Å²) < 4.78 is 5.20. The van der Waals surface area contributed by atoms with Crippen molar-refractivity contribution in [2.75, 3.05) is 11.5 Å². The molecule has 4 rings (SSSR count). The molecule has 2 aromatic carbocycles. The van der Waals surface area contributed by atoms with Crippen LogP contribution in [0.3, 0.4) is 0 Å². The lowest BCUT2D eigenvalue weighted by atomic mass is 9.98. The molecule has 1 aromatic heterocycles. The van der Waals surface area contributed by atoms with E-state index < -0.39 is 23.7 Å². The van der Waals surface area contributed by atoms with Gasteiger partial charge in [-0.2, -0.15) is 0 Å². The van der Waals surface area contributed by atoms with Gasteiger partial charge in [-0.3, -0.25) is 14.4 Å². The van der Waals surface area contributed by atoms with Gasteiger partial charge in [-0.25, -0.2) is 9.69 Å². The van der Waals surface area contributed by atoms with Gasteiger partial charge in [-0.1, -0.05) is 30.3 Å². The van der Waals surface area contributed by atoms with Crippen LogP contribution in [0.15, 0.2) is 53.9 Å². The van der Waals surface area contributed by atoms with Crippen LogP contribution < -0.4 is 10.6 Å².